The summed E-state index contributed by atoms with van der Waals surface area (Å²) in [5.41, 5.74) is 1.86. The van der Waals surface area contributed by atoms with Crippen LogP contribution in [0.15, 0.2) is 42.5 Å². The van der Waals surface area contributed by atoms with Gasteiger partial charge in [-0.15, -0.1) is 0 Å². The molecule has 0 fully saturated rings. The maximum absolute atomic E-state index is 5.88. The molecule has 1 heterocycles. The van der Waals surface area contributed by atoms with Crippen LogP contribution in [0.3, 0.4) is 0 Å². The van der Waals surface area contributed by atoms with E-state index in [0.29, 0.717) is 23.4 Å². The highest BCUT2D eigenvalue weighted by atomic mass is 35.5. The van der Waals surface area contributed by atoms with Gasteiger partial charge >= 0.3 is 0 Å². The van der Waals surface area contributed by atoms with E-state index < -0.39 is 0 Å². The van der Waals surface area contributed by atoms with Crippen LogP contribution in [0.25, 0.3) is 0 Å². The lowest BCUT2D eigenvalue weighted by atomic mass is 10.2. The van der Waals surface area contributed by atoms with Crippen molar-refractivity contribution >= 4 is 23.2 Å². The maximum atomic E-state index is 5.88. The Morgan fingerprint density at radius 3 is 2.59 bits per heavy atom. The molecule has 0 aliphatic rings. The van der Waals surface area contributed by atoms with Gasteiger partial charge in [0.2, 0.25) is 0 Å². The number of ether oxygens (including phenoxy) is 1. The van der Waals surface area contributed by atoms with Crippen LogP contribution in [-0.4, -0.2) is 4.98 Å². The second kappa shape index (κ2) is 6.01. The average Bonchev–Trinajstić information content (AvgIpc) is 2.29. The van der Waals surface area contributed by atoms with Gasteiger partial charge in [-0.2, -0.15) is 0 Å². The zero-order valence-electron chi connectivity index (χ0n) is 9.07. The summed E-state index contributed by atoms with van der Waals surface area (Å²) in [6.45, 7) is 0.946. The first-order chi connectivity index (χ1) is 8.24. The normalized spacial score (nSPS) is 10.5. The third kappa shape index (κ3) is 4.00. The Morgan fingerprint density at radius 1 is 1.00 bits per heavy atom. The fourth-order valence-corrected chi connectivity index (χ4v) is 1.83. The second-order valence-corrected chi connectivity index (χ2v) is 4.40. The minimum absolute atomic E-state index is 0.438. The van der Waals surface area contributed by atoms with Gasteiger partial charge in [-0.1, -0.05) is 41.4 Å². The Balaban J connectivity index is 1.87. The summed E-state index contributed by atoms with van der Waals surface area (Å²) in [5, 5.41) is 1.20. The van der Waals surface area contributed by atoms with Crippen molar-refractivity contribution < 1.29 is 4.74 Å². The van der Waals surface area contributed by atoms with Gasteiger partial charge in [0.05, 0.1) is 18.9 Å². The van der Waals surface area contributed by atoms with Gasteiger partial charge in [-0.05, 0) is 29.8 Å². The Morgan fingerprint density at radius 2 is 1.82 bits per heavy atom. The van der Waals surface area contributed by atoms with Crippen LogP contribution in [0.1, 0.15) is 11.3 Å². The summed E-state index contributed by atoms with van der Waals surface area (Å²) in [5.74, 6) is 0. The molecule has 0 N–H and O–H groups in total. The number of aromatic nitrogens is 1. The highest BCUT2D eigenvalue weighted by Gasteiger charge is 1.98. The van der Waals surface area contributed by atoms with Crippen molar-refractivity contribution in [3.05, 3.63) is 63.9 Å². The number of hydrogen-bond donors (Lipinski definition) is 0. The number of pyridine rings is 1. The molecule has 0 bridgehead atoms. The average molecular weight is 268 g/mol. The maximum Gasteiger partial charge on any atom is 0.129 e. The Bertz CT molecular complexity index is 457. The smallest absolute Gasteiger partial charge is 0.129 e. The molecule has 0 aliphatic heterocycles. The van der Waals surface area contributed by atoms with E-state index in [4.69, 9.17) is 27.9 Å². The first-order valence-electron chi connectivity index (χ1n) is 5.18. The molecule has 0 aliphatic carbocycles. The van der Waals surface area contributed by atoms with Crippen LogP contribution < -0.4 is 0 Å². The number of nitrogens with zero attached hydrogens (tertiary/aromatic N) is 1. The van der Waals surface area contributed by atoms with Gasteiger partial charge < -0.3 is 4.74 Å². The lowest BCUT2D eigenvalue weighted by Crippen LogP contribution is -1.96. The highest BCUT2D eigenvalue weighted by molar-refractivity contribution is 6.30. The van der Waals surface area contributed by atoms with Crippen LogP contribution >= 0.6 is 23.2 Å². The van der Waals surface area contributed by atoms with E-state index in [1.54, 1.807) is 6.07 Å². The molecular formula is C13H11Cl2NO. The highest BCUT2D eigenvalue weighted by Crippen LogP contribution is 2.12. The van der Waals surface area contributed by atoms with Gasteiger partial charge in [0.1, 0.15) is 5.15 Å². The van der Waals surface area contributed by atoms with E-state index >= 15 is 0 Å². The van der Waals surface area contributed by atoms with Gasteiger partial charge in [-0.25, -0.2) is 4.98 Å². The third-order valence-corrected chi connectivity index (χ3v) is 2.63. The Labute approximate surface area is 110 Å². The lowest BCUT2D eigenvalue weighted by Gasteiger charge is -2.04. The van der Waals surface area contributed by atoms with Crippen LogP contribution in [-0.2, 0) is 18.0 Å². The molecule has 0 saturated heterocycles. The summed E-state index contributed by atoms with van der Waals surface area (Å²) < 4.78 is 5.54. The van der Waals surface area contributed by atoms with Gasteiger partial charge in [0.25, 0.3) is 0 Å². The van der Waals surface area contributed by atoms with Gasteiger partial charge in [-0.3, -0.25) is 0 Å². The van der Waals surface area contributed by atoms with E-state index in [1.165, 1.54) is 0 Å². The van der Waals surface area contributed by atoms with E-state index in [2.05, 4.69) is 4.98 Å². The monoisotopic (exact) mass is 267 g/mol. The van der Waals surface area contributed by atoms with Crippen molar-refractivity contribution in [2.45, 2.75) is 13.2 Å². The molecule has 0 spiro atoms. The molecule has 0 saturated carbocycles. The largest absolute Gasteiger partial charge is 0.370 e. The molecule has 0 amide bonds. The zero-order chi connectivity index (χ0) is 12.1. The fraction of sp³-hybridized carbons (Fsp3) is 0.154. The first kappa shape index (κ1) is 12.4. The summed E-state index contributed by atoms with van der Waals surface area (Å²) in [7, 11) is 0. The van der Waals surface area contributed by atoms with Crippen LogP contribution in [0.4, 0.5) is 0 Å². The molecule has 0 radical (unpaired) electrons. The predicted octanol–water partition coefficient (Wildman–Crippen LogP) is 4.11. The third-order valence-electron chi connectivity index (χ3n) is 2.18. The first-order valence-corrected chi connectivity index (χ1v) is 5.93. The summed E-state index contributed by atoms with van der Waals surface area (Å²) in [6.07, 6.45) is 0. The predicted molar refractivity (Wildman–Crippen MR) is 69.2 cm³/mol. The summed E-state index contributed by atoms with van der Waals surface area (Å²) in [6, 6.07) is 13.1. The van der Waals surface area contributed by atoms with Gasteiger partial charge in [0.15, 0.2) is 0 Å². The van der Waals surface area contributed by atoms with E-state index in [9.17, 15) is 0 Å². The number of rotatable bonds is 4. The minimum Gasteiger partial charge on any atom is -0.370 e. The molecule has 4 heteroatoms. The summed E-state index contributed by atoms with van der Waals surface area (Å²) in [4.78, 5) is 4.14. The van der Waals surface area contributed by atoms with Crippen molar-refractivity contribution in [1.29, 1.82) is 0 Å². The zero-order valence-corrected chi connectivity index (χ0v) is 10.6. The van der Waals surface area contributed by atoms with Gasteiger partial charge in [0, 0.05) is 5.02 Å². The standard InChI is InChI=1S/C13H11Cl2NO/c14-11-4-1-3-10(7-11)8-17-9-12-5-2-6-13(15)16-12/h1-7H,8-9H2. The molecule has 0 atom stereocenters. The van der Waals surface area contributed by atoms with E-state index in [1.807, 2.05) is 36.4 Å². The molecule has 0 unspecified atom stereocenters. The van der Waals surface area contributed by atoms with Crippen molar-refractivity contribution in [3.8, 4) is 0 Å². The van der Waals surface area contributed by atoms with Crippen molar-refractivity contribution in [2.24, 2.45) is 0 Å². The SMILES string of the molecule is Clc1cccc(COCc2cccc(Cl)n2)c1. The molecule has 1 aromatic carbocycles. The number of hydrogen-bond acceptors (Lipinski definition) is 2. The molecule has 2 rings (SSSR count). The molecule has 2 aromatic rings. The van der Waals surface area contributed by atoms with Crippen molar-refractivity contribution in [2.75, 3.05) is 0 Å². The van der Waals surface area contributed by atoms with Crippen LogP contribution in [0, 0.1) is 0 Å². The van der Waals surface area contributed by atoms with E-state index in [0.717, 1.165) is 11.3 Å². The topological polar surface area (TPSA) is 22.1 Å². The van der Waals surface area contributed by atoms with Crippen molar-refractivity contribution in [3.63, 3.8) is 0 Å². The molecule has 2 nitrogen and oxygen atoms in total. The molecule has 88 valence electrons. The van der Waals surface area contributed by atoms with Crippen LogP contribution in [0.2, 0.25) is 10.2 Å². The number of halogens is 2. The summed E-state index contributed by atoms with van der Waals surface area (Å²) >= 11 is 11.7. The lowest BCUT2D eigenvalue weighted by molar-refractivity contribution is 0.104. The second-order valence-electron chi connectivity index (χ2n) is 3.57. The minimum atomic E-state index is 0.438. The molecule has 1 aromatic heterocycles. The fourth-order valence-electron chi connectivity index (χ4n) is 1.43. The van der Waals surface area contributed by atoms with Crippen LogP contribution in [0.5, 0.6) is 0 Å². The Kier molecular flexibility index (Phi) is 4.37. The molecule has 17 heavy (non-hydrogen) atoms. The van der Waals surface area contributed by atoms with E-state index in [-0.39, 0.29) is 0 Å². The number of benzene rings is 1. The Hall–Kier alpha value is -1.09. The van der Waals surface area contributed by atoms with Crippen molar-refractivity contribution in [1.82, 2.24) is 4.98 Å². The quantitative estimate of drug-likeness (QED) is 0.778. The molecular weight excluding hydrogens is 257 g/mol.